The standard InChI is InChI=1S/C26H28N2O3/c1-16(14-27-15-20-9-10-28-23-6-4-3-5-21(20)23)18-7-8-19-12-22-25(31-24(19)13-18)11-17(2)30-26(22)29/h3-6,9-12,16,18,24,27H,7-8,13-15H2,1-2H3/t16?,18-,24-/m0/s1. The van der Waals surface area contributed by atoms with Crippen LogP contribution in [0, 0.1) is 18.8 Å². The Morgan fingerprint density at radius 3 is 3.03 bits per heavy atom. The summed E-state index contributed by atoms with van der Waals surface area (Å²) in [5.74, 6) is 2.39. The molecule has 3 atom stereocenters. The second-order valence-corrected chi connectivity index (χ2v) is 8.88. The van der Waals surface area contributed by atoms with Gasteiger partial charge in [-0.15, -0.1) is 0 Å². The number of hydrogen-bond donors (Lipinski definition) is 1. The molecule has 0 spiro atoms. The lowest BCUT2D eigenvalue weighted by atomic mass is 9.76. The van der Waals surface area contributed by atoms with E-state index >= 15 is 0 Å². The highest BCUT2D eigenvalue weighted by Crippen LogP contribution is 2.40. The van der Waals surface area contributed by atoms with Crippen molar-refractivity contribution in [2.75, 3.05) is 6.54 Å². The van der Waals surface area contributed by atoms with Gasteiger partial charge in [-0.3, -0.25) is 4.98 Å². The van der Waals surface area contributed by atoms with Crippen molar-refractivity contribution < 1.29 is 9.15 Å². The quantitative estimate of drug-likeness (QED) is 0.643. The molecule has 1 N–H and O–H groups in total. The molecular formula is C26H28N2O3. The van der Waals surface area contributed by atoms with Crippen LogP contribution in [-0.4, -0.2) is 17.6 Å². The average Bonchev–Trinajstić information content (AvgIpc) is 2.77. The molecule has 1 saturated carbocycles. The Hall–Kier alpha value is -2.92. The van der Waals surface area contributed by atoms with Crippen LogP contribution in [0.4, 0.5) is 0 Å². The van der Waals surface area contributed by atoms with E-state index in [1.54, 1.807) is 6.92 Å². The van der Waals surface area contributed by atoms with Gasteiger partial charge >= 0.3 is 5.63 Å². The van der Waals surface area contributed by atoms with Crippen LogP contribution in [0.25, 0.3) is 17.0 Å². The normalized spacial score (nSPS) is 21.0. The minimum absolute atomic E-state index is 0.0686. The van der Waals surface area contributed by atoms with E-state index in [1.165, 1.54) is 16.5 Å². The number of benzene rings is 1. The fraction of sp³-hybridized carbons (Fsp3) is 0.385. The summed E-state index contributed by atoms with van der Waals surface area (Å²) in [5.41, 5.74) is 3.82. The molecule has 5 nitrogen and oxygen atoms in total. The van der Waals surface area contributed by atoms with E-state index in [0.717, 1.165) is 37.9 Å². The molecule has 160 valence electrons. The minimum atomic E-state index is -0.302. The van der Waals surface area contributed by atoms with Gasteiger partial charge < -0.3 is 14.5 Å². The van der Waals surface area contributed by atoms with Crippen molar-refractivity contribution in [1.82, 2.24) is 10.3 Å². The highest BCUT2D eigenvalue weighted by molar-refractivity contribution is 5.81. The third-order valence-corrected chi connectivity index (χ3v) is 6.73. The smallest absolute Gasteiger partial charge is 0.346 e. The van der Waals surface area contributed by atoms with Gasteiger partial charge in [-0.2, -0.15) is 0 Å². The molecule has 1 aliphatic heterocycles. The third kappa shape index (κ3) is 4.02. The Morgan fingerprint density at radius 1 is 1.26 bits per heavy atom. The Bertz CT molecular complexity index is 1190. The zero-order valence-electron chi connectivity index (χ0n) is 18.1. The van der Waals surface area contributed by atoms with Crippen molar-refractivity contribution in [3.8, 4) is 5.75 Å². The van der Waals surface area contributed by atoms with Gasteiger partial charge in [0.2, 0.25) is 0 Å². The first-order valence-corrected chi connectivity index (χ1v) is 11.1. The second kappa shape index (κ2) is 8.31. The first kappa shape index (κ1) is 20.0. The summed E-state index contributed by atoms with van der Waals surface area (Å²) in [6.45, 7) is 5.92. The molecule has 1 fully saturated rings. The molecule has 0 saturated heterocycles. The molecule has 0 bridgehead atoms. The molecule has 31 heavy (non-hydrogen) atoms. The van der Waals surface area contributed by atoms with Crippen molar-refractivity contribution in [2.45, 2.75) is 45.8 Å². The van der Waals surface area contributed by atoms with E-state index < -0.39 is 0 Å². The van der Waals surface area contributed by atoms with Gasteiger partial charge in [-0.25, -0.2) is 4.79 Å². The van der Waals surface area contributed by atoms with Gasteiger partial charge in [0.25, 0.3) is 0 Å². The Kier molecular flexibility index (Phi) is 5.36. The highest BCUT2D eigenvalue weighted by atomic mass is 16.5. The maximum Gasteiger partial charge on any atom is 0.346 e. The summed E-state index contributed by atoms with van der Waals surface area (Å²) in [5, 5.41) is 4.87. The SMILES string of the molecule is Cc1cc2c(c(=O)o1)C=C1CC[C@H](C(C)CNCc3ccnc4ccccc34)C[C@@H]1O2. The average molecular weight is 417 g/mol. The number of fused-ring (bicyclic) bond motifs is 3. The molecule has 2 aliphatic rings. The summed E-state index contributed by atoms with van der Waals surface area (Å²) in [4.78, 5) is 16.6. The monoisotopic (exact) mass is 416 g/mol. The first-order chi connectivity index (χ1) is 15.1. The fourth-order valence-electron chi connectivity index (χ4n) is 4.93. The van der Waals surface area contributed by atoms with Crippen LogP contribution < -0.4 is 15.7 Å². The zero-order valence-corrected chi connectivity index (χ0v) is 18.1. The number of nitrogens with one attached hydrogen (secondary N) is 1. The first-order valence-electron chi connectivity index (χ1n) is 11.1. The highest BCUT2D eigenvalue weighted by Gasteiger charge is 2.33. The third-order valence-electron chi connectivity index (χ3n) is 6.73. The topological polar surface area (TPSA) is 64.4 Å². The lowest BCUT2D eigenvalue weighted by molar-refractivity contribution is 0.140. The van der Waals surface area contributed by atoms with Crippen LogP contribution >= 0.6 is 0 Å². The van der Waals surface area contributed by atoms with E-state index in [0.29, 0.717) is 28.9 Å². The van der Waals surface area contributed by atoms with Crippen molar-refractivity contribution in [3.05, 3.63) is 75.5 Å². The number of para-hydroxylation sites is 1. The van der Waals surface area contributed by atoms with Crippen molar-refractivity contribution in [2.24, 2.45) is 11.8 Å². The molecule has 3 heterocycles. The van der Waals surface area contributed by atoms with E-state index in [1.807, 2.05) is 24.4 Å². The number of aromatic nitrogens is 1. The minimum Gasteiger partial charge on any atom is -0.485 e. The van der Waals surface area contributed by atoms with Gasteiger partial charge in [0, 0.05) is 24.2 Å². The molecule has 1 aliphatic carbocycles. The Labute approximate surface area is 182 Å². The molecule has 1 aromatic carbocycles. The van der Waals surface area contributed by atoms with Crippen molar-refractivity contribution in [1.29, 1.82) is 0 Å². The summed E-state index contributed by atoms with van der Waals surface area (Å²) < 4.78 is 11.5. The van der Waals surface area contributed by atoms with Crippen LogP contribution in [0.3, 0.4) is 0 Å². The van der Waals surface area contributed by atoms with Gasteiger partial charge in [0.1, 0.15) is 23.2 Å². The molecule has 2 aromatic heterocycles. The van der Waals surface area contributed by atoms with Gasteiger partial charge in [0.05, 0.1) is 5.52 Å². The summed E-state index contributed by atoms with van der Waals surface area (Å²) in [6.07, 6.45) is 7.05. The molecular weight excluding hydrogens is 388 g/mol. The van der Waals surface area contributed by atoms with E-state index in [4.69, 9.17) is 9.15 Å². The van der Waals surface area contributed by atoms with Crippen LogP contribution in [-0.2, 0) is 6.54 Å². The maximum absolute atomic E-state index is 12.1. The molecule has 3 aromatic rings. The largest absolute Gasteiger partial charge is 0.485 e. The predicted octanol–water partition coefficient (Wildman–Crippen LogP) is 4.87. The summed E-state index contributed by atoms with van der Waals surface area (Å²) in [6, 6.07) is 12.2. The molecule has 5 heteroatoms. The Morgan fingerprint density at radius 2 is 2.13 bits per heavy atom. The van der Waals surface area contributed by atoms with Crippen LogP contribution in [0.15, 0.2) is 57.4 Å². The van der Waals surface area contributed by atoms with Gasteiger partial charge in [0.15, 0.2) is 0 Å². The van der Waals surface area contributed by atoms with E-state index in [2.05, 4.69) is 41.5 Å². The van der Waals surface area contributed by atoms with E-state index in [-0.39, 0.29) is 11.7 Å². The van der Waals surface area contributed by atoms with E-state index in [9.17, 15) is 4.79 Å². The number of ether oxygens (including phenoxy) is 1. The fourth-order valence-corrected chi connectivity index (χ4v) is 4.93. The lowest BCUT2D eigenvalue weighted by Crippen LogP contribution is -2.36. The molecule has 0 radical (unpaired) electrons. The molecule has 0 amide bonds. The number of pyridine rings is 1. The molecule has 1 unspecified atom stereocenters. The van der Waals surface area contributed by atoms with Gasteiger partial charge in [-0.05, 0) is 73.9 Å². The zero-order chi connectivity index (χ0) is 21.4. The predicted molar refractivity (Wildman–Crippen MR) is 122 cm³/mol. The number of aryl methyl sites for hydroxylation is 1. The number of nitrogens with zero attached hydrogens (tertiary/aromatic N) is 1. The number of rotatable bonds is 5. The molecule has 5 rings (SSSR count). The Balaban J connectivity index is 1.21. The van der Waals surface area contributed by atoms with Crippen molar-refractivity contribution in [3.63, 3.8) is 0 Å². The van der Waals surface area contributed by atoms with Crippen LogP contribution in [0.5, 0.6) is 5.75 Å². The van der Waals surface area contributed by atoms with Crippen LogP contribution in [0.1, 0.15) is 43.1 Å². The van der Waals surface area contributed by atoms with Crippen molar-refractivity contribution >= 4 is 17.0 Å². The summed E-state index contributed by atoms with van der Waals surface area (Å²) >= 11 is 0. The maximum atomic E-state index is 12.1. The second-order valence-electron chi connectivity index (χ2n) is 8.88. The summed E-state index contributed by atoms with van der Waals surface area (Å²) in [7, 11) is 0. The van der Waals surface area contributed by atoms with Crippen LogP contribution in [0.2, 0.25) is 0 Å². The number of hydrogen-bond acceptors (Lipinski definition) is 5. The van der Waals surface area contributed by atoms with Gasteiger partial charge in [-0.1, -0.05) is 25.1 Å². The lowest BCUT2D eigenvalue weighted by Gasteiger charge is -2.37.